The molecule has 2 N–H and O–H groups in total. The van der Waals surface area contributed by atoms with E-state index in [9.17, 15) is 23.4 Å². The van der Waals surface area contributed by atoms with Gasteiger partial charge in [-0.2, -0.15) is 18.4 Å². The van der Waals surface area contributed by atoms with Crippen LogP contribution in [0.1, 0.15) is 92.2 Å². The Balaban J connectivity index is 1.87. The van der Waals surface area contributed by atoms with Crippen LogP contribution < -0.4 is 0 Å². The number of fused-ring (bicyclic) bond motifs is 1. The van der Waals surface area contributed by atoms with Crippen LogP contribution in [0.3, 0.4) is 0 Å². The van der Waals surface area contributed by atoms with Gasteiger partial charge in [-0.05, 0) is 55.1 Å². The second-order valence-electron chi connectivity index (χ2n) is 11.4. The van der Waals surface area contributed by atoms with E-state index in [1.165, 1.54) is 12.1 Å². The number of rotatable bonds is 7. The predicted octanol–water partition coefficient (Wildman–Crippen LogP) is 6.33. The van der Waals surface area contributed by atoms with Crippen molar-refractivity contribution in [2.75, 3.05) is 26.4 Å². The normalized spacial score (nSPS) is 23.1. The van der Waals surface area contributed by atoms with Crippen molar-refractivity contribution < 1.29 is 32.9 Å². The van der Waals surface area contributed by atoms with Gasteiger partial charge in [0, 0.05) is 36.0 Å². The highest BCUT2D eigenvalue weighted by Gasteiger charge is 2.39. The Morgan fingerprint density at radius 2 is 2.00 bits per heavy atom. The van der Waals surface area contributed by atoms with Gasteiger partial charge < -0.3 is 19.7 Å². The molecule has 0 spiro atoms. The van der Waals surface area contributed by atoms with Crippen LogP contribution in [0.15, 0.2) is 42.0 Å². The van der Waals surface area contributed by atoms with E-state index >= 15 is 0 Å². The van der Waals surface area contributed by atoms with Gasteiger partial charge in [-0.15, -0.1) is 0 Å². The molecular weight excluding hydrogens is 521 g/mol. The third-order valence-corrected chi connectivity index (χ3v) is 7.90. The van der Waals surface area contributed by atoms with Crippen LogP contribution in [-0.4, -0.2) is 47.8 Å². The number of pyridine rings is 1. The molecule has 3 heterocycles. The van der Waals surface area contributed by atoms with Gasteiger partial charge in [-0.25, -0.2) is 0 Å². The molecule has 0 aromatic carbocycles. The molecule has 9 heteroatoms. The Kier molecular flexibility index (Phi) is 9.36. The van der Waals surface area contributed by atoms with Gasteiger partial charge in [-0.3, -0.25) is 4.98 Å². The van der Waals surface area contributed by atoms with E-state index in [4.69, 9.17) is 19.7 Å². The molecule has 0 saturated carbocycles. The number of ether oxygens (including phenoxy) is 2. The maximum Gasteiger partial charge on any atom is 0.417 e. The minimum absolute atomic E-state index is 0.00522. The number of allylic oxidation sites excluding steroid dienone is 4. The van der Waals surface area contributed by atoms with Crippen LogP contribution in [0.2, 0.25) is 0 Å². The Morgan fingerprint density at radius 3 is 2.60 bits per heavy atom. The smallest absolute Gasteiger partial charge is 0.388 e. The fourth-order valence-electron chi connectivity index (χ4n) is 6.03. The Hall–Kier alpha value is -2.77. The molecule has 1 aromatic rings. The molecule has 1 saturated heterocycles. The summed E-state index contributed by atoms with van der Waals surface area (Å²) in [6.45, 7) is 9.51. The second kappa shape index (κ2) is 12.4. The van der Waals surface area contributed by atoms with Gasteiger partial charge in [0.1, 0.15) is 0 Å². The zero-order valence-corrected chi connectivity index (χ0v) is 23.1. The molecule has 6 nitrogen and oxygen atoms in total. The zero-order valence-electron chi connectivity index (χ0n) is 23.1. The first-order chi connectivity index (χ1) is 19.0. The molecule has 1 fully saturated rings. The summed E-state index contributed by atoms with van der Waals surface area (Å²) in [6, 6.07) is 1.54. The van der Waals surface area contributed by atoms with Crippen molar-refractivity contribution in [1.82, 2.24) is 4.98 Å². The molecule has 2 aliphatic heterocycles. The first-order valence-electron chi connectivity index (χ1n) is 13.7. The zero-order chi connectivity index (χ0) is 29.1. The maximum atomic E-state index is 13.7. The minimum atomic E-state index is -4.75. The quantitative estimate of drug-likeness (QED) is 0.300. The van der Waals surface area contributed by atoms with E-state index in [0.29, 0.717) is 69.7 Å². The number of hydrogen-bond acceptors (Lipinski definition) is 6. The van der Waals surface area contributed by atoms with Crippen LogP contribution in [-0.2, 0) is 15.9 Å². The summed E-state index contributed by atoms with van der Waals surface area (Å²) >= 11 is 0. The summed E-state index contributed by atoms with van der Waals surface area (Å²) in [5.41, 5.74) is 2.64. The van der Waals surface area contributed by atoms with Gasteiger partial charge in [0.2, 0.25) is 0 Å². The second-order valence-corrected chi connectivity index (χ2v) is 11.4. The largest absolute Gasteiger partial charge is 0.417 e. The van der Waals surface area contributed by atoms with E-state index in [2.05, 4.69) is 20.4 Å². The summed E-state index contributed by atoms with van der Waals surface area (Å²) < 4.78 is 52.1. The third kappa shape index (κ3) is 6.58. The average molecular weight is 559 g/mol. The molecule has 0 radical (unpaired) electrons. The van der Waals surface area contributed by atoms with Crippen LogP contribution >= 0.6 is 0 Å². The first kappa shape index (κ1) is 30.2. The monoisotopic (exact) mass is 558 g/mol. The number of nitriles is 1. The molecule has 4 rings (SSSR count). The molecule has 0 amide bonds. The van der Waals surface area contributed by atoms with Crippen LogP contribution in [0, 0.1) is 16.7 Å². The molecule has 216 valence electrons. The first-order valence-corrected chi connectivity index (χ1v) is 13.7. The van der Waals surface area contributed by atoms with Crippen molar-refractivity contribution in [1.29, 1.82) is 5.26 Å². The standard InChI is InChI=1S/C31H37F3N2O4/c1-4-19(18-35)22(31(32,33)34)6-5-7-24(37)28-26(20-8-12-39-13-9-20)27-23(16-30(2,3)17-25(27)38)36-29(28)21-10-14-40-15-11-21/h4-6,8,21,24-25,37-38H,1,7,9-17H2,2-3H3/b6-5-,22-19-. The van der Waals surface area contributed by atoms with E-state index < -0.39 is 29.5 Å². The van der Waals surface area contributed by atoms with Crippen molar-refractivity contribution in [2.45, 2.75) is 76.7 Å². The van der Waals surface area contributed by atoms with Crippen molar-refractivity contribution in [3.05, 3.63) is 70.1 Å². The van der Waals surface area contributed by atoms with E-state index in [1.54, 1.807) is 0 Å². The summed E-state index contributed by atoms with van der Waals surface area (Å²) in [4.78, 5) is 5.09. The van der Waals surface area contributed by atoms with Crippen LogP contribution in [0.5, 0.6) is 0 Å². The van der Waals surface area contributed by atoms with E-state index in [-0.39, 0.29) is 17.8 Å². The lowest BCUT2D eigenvalue weighted by molar-refractivity contribution is -0.0886. The van der Waals surface area contributed by atoms with Crippen LogP contribution in [0.4, 0.5) is 13.2 Å². The SMILES string of the molecule is C=C/C(C#N)=C(\C=C/CC(O)c1c(C2CCOCC2)nc2c(c1C1=CCOCC1)C(O)CC(C)(C)C2)C(F)(F)F. The topological polar surface area (TPSA) is 95.6 Å². The van der Waals surface area contributed by atoms with E-state index in [0.717, 1.165) is 34.7 Å². The highest BCUT2D eigenvalue weighted by molar-refractivity contribution is 5.74. The van der Waals surface area contributed by atoms with Crippen molar-refractivity contribution in [2.24, 2.45) is 5.41 Å². The number of aliphatic hydroxyl groups is 2. The van der Waals surface area contributed by atoms with Crippen molar-refractivity contribution >= 4 is 5.57 Å². The molecule has 2 atom stereocenters. The number of halogens is 3. The Labute approximate surface area is 233 Å². The lowest BCUT2D eigenvalue weighted by Gasteiger charge is -2.38. The summed E-state index contributed by atoms with van der Waals surface area (Å²) in [5, 5.41) is 32.2. The fourth-order valence-corrected chi connectivity index (χ4v) is 6.03. The van der Waals surface area contributed by atoms with Gasteiger partial charge in [0.25, 0.3) is 0 Å². The van der Waals surface area contributed by atoms with Gasteiger partial charge in [-0.1, -0.05) is 44.7 Å². The van der Waals surface area contributed by atoms with Gasteiger partial charge >= 0.3 is 6.18 Å². The van der Waals surface area contributed by atoms with Gasteiger partial charge in [0.15, 0.2) is 0 Å². The highest BCUT2D eigenvalue weighted by atomic mass is 19.4. The number of nitrogens with zero attached hydrogens (tertiary/aromatic N) is 2. The molecule has 1 aromatic heterocycles. The summed E-state index contributed by atoms with van der Waals surface area (Å²) in [7, 11) is 0. The third-order valence-electron chi connectivity index (χ3n) is 7.90. The molecule has 0 bridgehead atoms. The lowest BCUT2D eigenvalue weighted by atomic mass is 9.71. The average Bonchev–Trinajstić information content (AvgIpc) is 2.91. The van der Waals surface area contributed by atoms with E-state index in [1.807, 2.05) is 6.08 Å². The molecule has 2 unspecified atom stereocenters. The Morgan fingerprint density at radius 1 is 1.27 bits per heavy atom. The van der Waals surface area contributed by atoms with Crippen molar-refractivity contribution in [3.63, 3.8) is 0 Å². The lowest BCUT2D eigenvalue weighted by Crippen LogP contribution is -2.30. The predicted molar refractivity (Wildman–Crippen MR) is 145 cm³/mol. The van der Waals surface area contributed by atoms with Crippen molar-refractivity contribution in [3.8, 4) is 6.07 Å². The molecule has 1 aliphatic carbocycles. The molecular formula is C31H37F3N2O4. The summed E-state index contributed by atoms with van der Waals surface area (Å²) in [6.07, 6.45) is 1.24. The number of aromatic nitrogens is 1. The molecule has 3 aliphatic rings. The fraction of sp³-hybridized carbons (Fsp3) is 0.548. The number of aliphatic hydroxyl groups excluding tert-OH is 2. The summed E-state index contributed by atoms with van der Waals surface area (Å²) in [5.74, 6) is 0.00522. The maximum absolute atomic E-state index is 13.7. The van der Waals surface area contributed by atoms with Gasteiger partial charge in [0.05, 0.1) is 48.3 Å². The minimum Gasteiger partial charge on any atom is -0.388 e. The highest BCUT2D eigenvalue weighted by Crippen LogP contribution is 2.48. The molecule has 40 heavy (non-hydrogen) atoms. The number of alkyl halides is 3. The Bertz CT molecular complexity index is 1250. The van der Waals surface area contributed by atoms with Crippen LogP contribution in [0.25, 0.3) is 5.57 Å². The number of hydrogen-bond donors (Lipinski definition) is 2.